The van der Waals surface area contributed by atoms with Crippen LogP contribution in [0.25, 0.3) is 0 Å². The zero-order chi connectivity index (χ0) is 13.8. The summed E-state index contributed by atoms with van der Waals surface area (Å²) in [4.78, 5) is 16.7. The minimum atomic E-state index is -0.217. The van der Waals surface area contributed by atoms with E-state index in [-0.39, 0.29) is 36.1 Å². The molecule has 2 fully saturated rings. The third-order valence-electron chi connectivity index (χ3n) is 4.52. The van der Waals surface area contributed by atoms with Gasteiger partial charge in [0.05, 0.1) is 5.41 Å². The summed E-state index contributed by atoms with van der Waals surface area (Å²) in [6.45, 7) is 4.24. The highest BCUT2D eigenvalue weighted by molar-refractivity contribution is 5.85. The Morgan fingerprint density at radius 1 is 1.27 bits per heavy atom. The molecule has 0 aliphatic carbocycles. The molecule has 0 bridgehead atoms. The first-order chi connectivity index (χ1) is 9.81. The van der Waals surface area contributed by atoms with Crippen molar-refractivity contribution in [1.29, 1.82) is 0 Å². The molecule has 2 aliphatic rings. The van der Waals surface area contributed by atoms with Crippen LogP contribution in [0, 0.1) is 11.3 Å². The van der Waals surface area contributed by atoms with E-state index < -0.39 is 0 Å². The van der Waals surface area contributed by atoms with Gasteiger partial charge in [-0.15, -0.1) is 24.8 Å². The molecule has 2 saturated heterocycles. The number of halogens is 2. The molecule has 0 radical (unpaired) electrons. The van der Waals surface area contributed by atoms with Gasteiger partial charge >= 0.3 is 0 Å². The predicted molar refractivity (Wildman–Crippen MR) is 91.7 cm³/mol. The molecule has 124 valence electrons. The molecule has 2 aliphatic heterocycles. The van der Waals surface area contributed by atoms with Crippen molar-refractivity contribution in [2.75, 3.05) is 32.7 Å². The Balaban J connectivity index is 0.00000121. The number of aryl methyl sites for hydroxylation is 1. The van der Waals surface area contributed by atoms with E-state index in [0.717, 1.165) is 51.3 Å². The molecule has 0 unspecified atom stereocenters. The number of rotatable bonds is 5. The van der Waals surface area contributed by atoms with Gasteiger partial charge in [-0.05, 0) is 25.0 Å². The van der Waals surface area contributed by atoms with Gasteiger partial charge in [0.15, 0.2) is 0 Å². The van der Waals surface area contributed by atoms with Crippen molar-refractivity contribution in [2.45, 2.75) is 12.8 Å². The quantitative estimate of drug-likeness (QED) is 0.689. The number of amides is 1. The van der Waals surface area contributed by atoms with Crippen molar-refractivity contribution in [1.82, 2.24) is 20.9 Å². The van der Waals surface area contributed by atoms with E-state index in [9.17, 15) is 4.79 Å². The minimum absolute atomic E-state index is 0. The maximum absolute atomic E-state index is 12.5. The molecule has 0 spiro atoms. The Labute approximate surface area is 143 Å². The van der Waals surface area contributed by atoms with Gasteiger partial charge in [0, 0.05) is 50.5 Å². The van der Waals surface area contributed by atoms with Crippen LogP contribution in [0.5, 0.6) is 0 Å². The summed E-state index contributed by atoms with van der Waals surface area (Å²) in [6, 6.07) is 5.95. The van der Waals surface area contributed by atoms with Crippen LogP contribution in [-0.4, -0.2) is 43.6 Å². The first-order valence-corrected chi connectivity index (χ1v) is 7.41. The molecule has 3 heterocycles. The SMILES string of the molecule is Cl.Cl.O=C(NCCCc1ccccn1)C12CNCC1CNC2. The lowest BCUT2D eigenvalue weighted by atomic mass is 9.80. The molecular formula is C15H24Cl2N4O. The third-order valence-corrected chi connectivity index (χ3v) is 4.52. The average Bonchev–Trinajstić information content (AvgIpc) is 3.05. The van der Waals surface area contributed by atoms with Gasteiger partial charge in [-0.1, -0.05) is 6.07 Å². The van der Waals surface area contributed by atoms with Crippen LogP contribution in [0.3, 0.4) is 0 Å². The summed E-state index contributed by atoms with van der Waals surface area (Å²) in [5.41, 5.74) is 0.869. The largest absolute Gasteiger partial charge is 0.356 e. The fourth-order valence-corrected chi connectivity index (χ4v) is 3.29. The van der Waals surface area contributed by atoms with E-state index in [2.05, 4.69) is 20.9 Å². The molecule has 1 amide bonds. The Bertz CT molecular complexity index is 462. The number of nitrogens with zero attached hydrogens (tertiary/aromatic N) is 1. The number of aromatic nitrogens is 1. The summed E-state index contributed by atoms with van der Waals surface area (Å²) in [6.07, 6.45) is 3.66. The first kappa shape index (κ1) is 19.2. The number of hydrogen-bond acceptors (Lipinski definition) is 4. The van der Waals surface area contributed by atoms with Crippen LogP contribution in [0.15, 0.2) is 24.4 Å². The summed E-state index contributed by atoms with van der Waals surface area (Å²) in [5.74, 6) is 0.650. The van der Waals surface area contributed by atoms with Crippen molar-refractivity contribution >= 4 is 30.7 Å². The lowest BCUT2D eigenvalue weighted by Gasteiger charge is -2.25. The van der Waals surface area contributed by atoms with Crippen LogP contribution in [0.4, 0.5) is 0 Å². The van der Waals surface area contributed by atoms with E-state index in [0.29, 0.717) is 5.92 Å². The maximum Gasteiger partial charge on any atom is 0.229 e. The summed E-state index contributed by atoms with van der Waals surface area (Å²) < 4.78 is 0. The van der Waals surface area contributed by atoms with E-state index in [4.69, 9.17) is 0 Å². The van der Waals surface area contributed by atoms with Gasteiger partial charge in [-0.3, -0.25) is 9.78 Å². The Kier molecular flexibility index (Phi) is 7.56. The number of carbonyl (C=O) groups is 1. The lowest BCUT2D eigenvalue weighted by molar-refractivity contribution is -0.130. The first-order valence-electron chi connectivity index (χ1n) is 7.41. The number of nitrogens with one attached hydrogen (secondary N) is 3. The van der Waals surface area contributed by atoms with Crippen LogP contribution in [0.2, 0.25) is 0 Å². The number of fused-ring (bicyclic) bond motifs is 1. The second-order valence-electron chi connectivity index (χ2n) is 5.80. The molecule has 1 aromatic rings. The zero-order valence-electron chi connectivity index (χ0n) is 12.5. The topological polar surface area (TPSA) is 66.0 Å². The zero-order valence-corrected chi connectivity index (χ0v) is 14.1. The second-order valence-corrected chi connectivity index (χ2v) is 5.80. The normalized spacial score (nSPS) is 25.7. The van der Waals surface area contributed by atoms with E-state index >= 15 is 0 Å². The van der Waals surface area contributed by atoms with Crippen molar-refractivity contribution in [2.24, 2.45) is 11.3 Å². The van der Waals surface area contributed by atoms with Crippen molar-refractivity contribution in [3.63, 3.8) is 0 Å². The van der Waals surface area contributed by atoms with Gasteiger partial charge in [0.2, 0.25) is 5.91 Å². The highest BCUT2D eigenvalue weighted by Crippen LogP contribution is 2.34. The van der Waals surface area contributed by atoms with Crippen molar-refractivity contribution in [3.8, 4) is 0 Å². The molecule has 22 heavy (non-hydrogen) atoms. The summed E-state index contributed by atoms with van der Waals surface area (Å²) in [5, 5.41) is 9.81. The predicted octanol–water partition coefficient (Wildman–Crippen LogP) is 0.783. The smallest absolute Gasteiger partial charge is 0.229 e. The van der Waals surface area contributed by atoms with Gasteiger partial charge in [-0.2, -0.15) is 0 Å². The summed E-state index contributed by atoms with van der Waals surface area (Å²) >= 11 is 0. The standard InChI is InChI=1S/C15H22N4O.2ClH/c20-14(15-10-16-8-12(15)9-17-11-15)19-7-3-5-13-4-1-2-6-18-13;;/h1-2,4,6,12,16-17H,3,5,7-11H2,(H,19,20);2*1H. The number of carbonyl (C=O) groups excluding carboxylic acids is 1. The molecule has 3 rings (SSSR count). The second kappa shape index (κ2) is 8.67. The van der Waals surface area contributed by atoms with Gasteiger partial charge < -0.3 is 16.0 Å². The highest BCUT2D eigenvalue weighted by atomic mass is 35.5. The van der Waals surface area contributed by atoms with Gasteiger partial charge in [0.25, 0.3) is 0 Å². The monoisotopic (exact) mass is 346 g/mol. The van der Waals surface area contributed by atoms with Crippen molar-refractivity contribution in [3.05, 3.63) is 30.1 Å². The molecule has 3 N–H and O–H groups in total. The molecule has 0 aromatic carbocycles. The third kappa shape index (κ3) is 3.90. The highest BCUT2D eigenvalue weighted by Gasteiger charge is 2.51. The van der Waals surface area contributed by atoms with E-state index in [1.165, 1.54) is 0 Å². The molecule has 5 nitrogen and oxygen atoms in total. The fraction of sp³-hybridized carbons (Fsp3) is 0.600. The molecule has 0 saturated carbocycles. The molecule has 7 heteroatoms. The van der Waals surface area contributed by atoms with Gasteiger partial charge in [0.1, 0.15) is 0 Å². The maximum atomic E-state index is 12.5. The van der Waals surface area contributed by atoms with E-state index in [1.54, 1.807) is 0 Å². The fourth-order valence-electron chi connectivity index (χ4n) is 3.29. The number of hydrogen-bond donors (Lipinski definition) is 3. The van der Waals surface area contributed by atoms with E-state index in [1.807, 2.05) is 24.4 Å². The van der Waals surface area contributed by atoms with Crippen LogP contribution >= 0.6 is 24.8 Å². The van der Waals surface area contributed by atoms with Crippen LogP contribution < -0.4 is 16.0 Å². The van der Waals surface area contributed by atoms with Crippen molar-refractivity contribution < 1.29 is 4.79 Å². The van der Waals surface area contributed by atoms with Crippen LogP contribution in [0.1, 0.15) is 12.1 Å². The molecular weight excluding hydrogens is 323 g/mol. The molecule has 1 aromatic heterocycles. The van der Waals surface area contributed by atoms with Crippen LogP contribution in [-0.2, 0) is 11.2 Å². The summed E-state index contributed by atoms with van der Waals surface area (Å²) in [7, 11) is 0. The Morgan fingerprint density at radius 2 is 2.00 bits per heavy atom. The average molecular weight is 347 g/mol. The lowest BCUT2D eigenvalue weighted by Crippen LogP contribution is -2.47. The Hall–Kier alpha value is -0.880. The minimum Gasteiger partial charge on any atom is -0.356 e. The molecule has 0 atom stereocenters. The van der Waals surface area contributed by atoms with Gasteiger partial charge in [-0.25, -0.2) is 0 Å². The Morgan fingerprint density at radius 3 is 2.64 bits per heavy atom. The number of pyridine rings is 1.